The smallest absolute Gasteiger partial charge is 0.251 e. The summed E-state index contributed by atoms with van der Waals surface area (Å²) in [6.45, 7) is 4.31. The Morgan fingerprint density at radius 3 is 2.43 bits per heavy atom. The fourth-order valence-electron chi connectivity index (χ4n) is 2.08. The molecule has 0 aliphatic heterocycles. The van der Waals surface area contributed by atoms with Gasteiger partial charge < -0.3 is 20.6 Å². The molecule has 2 aromatic carbocycles. The first-order valence-corrected chi connectivity index (χ1v) is 7.71. The number of carbonyl (C=O) groups excluding carboxylic acids is 1. The van der Waals surface area contributed by atoms with Crippen LogP contribution in [0.3, 0.4) is 0 Å². The monoisotopic (exact) mass is 381 g/mol. The van der Waals surface area contributed by atoms with E-state index in [0.717, 1.165) is 6.07 Å². The van der Waals surface area contributed by atoms with Crippen LogP contribution >= 0.6 is 15.9 Å². The Kier molecular flexibility index (Phi) is 4.79. The van der Waals surface area contributed by atoms with E-state index in [0.29, 0.717) is 6.54 Å². The number of phenols is 2. The predicted octanol–water partition coefficient (Wildman–Crippen LogP) is 2.47. The highest BCUT2D eigenvalue weighted by Crippen LogP contribution is 2.38. The van der Waals surface area contributed by atoms with Gasteiger partial charge in [-0.1, -0.05) is 13.8 Å². The zero-order valence-electron chi connectivity index (χ0n) is 12.6. The highest BCUT2D eigenvalue weighted by Gasteiger charge is 2.17. The van der Waals surface area contributed by atoms with E-state index in [-0.39, 0.29) is 26.7 Å². The molecule has 122 valence electrons. The van der Waals surface area contributed by atoms with E-state index in [1.54, 1.807) is 0 Å². The molecule has 0 aliphatic carbocycles. The van der Waals surface area contributed by atoms with Crippen LogP contribution in [0.1, 0.15) is 24.2 Å². The second kappa shape index (κ2) is 6.45. The maximum absolute atomic E-state index is 12.2. The molecule has 1 amide bonds. The van der Waals surface area contributed by atoms with Gasteiger partial charge in [-0.05, 0) is 45.4 Å². The van der Waals surface area contributed by atoms with Gasteiger partial charge in [0.25, 0.3) is 5.91 Å². The summed E-state index contributed by atoms with van der Waals surface area (Å²) in [6.07, 6.45) is 0. The average Bonchev–Trinajstić information content (AvgIpc) is 2.60. The van der Waals surface area contributed by atoms with Crippen LogP contribution in [0.4, 0.5) is 0 Å². The molecule has 0 saturated carbocycles. The van der Waals surface area contributed by atoms with E-state index in [1.807, 2.05) is 13.8 Å². The molecule has 4 N–H and O–H groups in total. The van der Waals surface area contributed by atoms with Gasteiger partial charge in [0, 0.05) is 12.1 Å². The van der Waals surface area contributed by atoms with Gasteiger partial charge in [0.2, 0.25) is 5.43 Å². The molecular weight excluding hydrogens is 366 g/mol. The second-order valence-corrected chi connectivity index (χ2v) is 6.44. The van der Waals surface area contributed by atoms with Crippen molar-refractivity contribution >= 4 is 32.6 Å². The van der Waals surface area contributed by atoms with E-state index < -0.39 is 28.6 Å². The molecule has 0 heterocycles. The average molecular weight is 382 g/mol. The molecule has 2 rings (SSSR count). The maximum atomic E-state index is 12.2. The standard InChI is InChI=1S/C16H16BrNO5/c1-7(2)6-18-16(23)9-3-8-4-10(17)13(20)15(22)12(8)14(21)11(19)5-9/h3-5,7,20,22H,6H2,1-2H3,(H,18,23)(H,19,21). The topological polar surface area (TPSA) is 107 Å². The zero-order chi connectivity index (χ0) is 17.3. The lowest BCUT2D eigenvalue weighted by Crippen LogP contribution is -2.27. The van der Waals surface area contributed by atoms with Crippen LogP contribution in [0.25, 0.3) is 10.8 Å². The number of hydrogen-bond donors (Lipinski definition) is 4. The van der Waals surface area contributed by atoms with Crippen LogP contribution < -0.4 is 10.7 Å². The number of rotatable bonds is 3. The molecule has 0 atom stereocenters. The molecule has 0 unspecified atom stereocenters. The minimum atomic E-state index is -0.872. The second-order valence-electron chi connectivity index (χ2n) is 5.58. The number of aromatic hydroxyl groups is 3. The summed E-state index contributed by atoms with van der Waals surface area (Å²) in [5.41, 5.74) is -0.796. The molecule has 0 aromatic heterocycles. The minimum Gasteiger partial charge on any atom is -0.504 e. The van der Waals surface area contributed by atoms with E-state index in [9.17, 15) is 24.9 Å². The summed E-state index contributed by atoms with van der Waals surface area (Å²) in [4.78, 5) is 24.4. The van der Waals surface area contributed by atoms with Gasteiger partial charge in [-0.3, -0.25) is 9.59 Å². The summed E-state index contributed by atoms with van der Waals surface area (Å²) in [6, 6.07) is 3.81. The number of nitrogens with one attached hydrogen (secondary N) is 1. The van der Waals surface area contributed by atoms with Crippen molar-refractivity contribution in [2.75, 3.05) is 6.54 Å². The predicted molar refractivity (Wildman–Crippen MR) is 90.1 cm³/mol. The van der Waals surface area contributed by atoms with Crippen LogP contribution in [-0.2, 0) is 0 Å². The molecule has 0 spiro atoms. The molecule has 6 nitrogen and oxygen atoms in total. The third-order valence-electron chi connectivity index (χ3n) is 3.25. The fraction of sp³-hybridized carbons (Fsp3) is 0.250. The Bertz CT molecular complexity index is 848. The van der Waals surface area contributed by atoms with Crippen molar-refractivity contribution in [2.24, 2.45) is 5.92 Å². The maximum Gasteiger partial charge on any atom is 0.251 e. The van der Waals surface area contributed by atoms with Crippen LogP contribution in [0.2, 0.25) is 0 Å². The lowest BCUT2D eigenvalue weighted by atomic mass is 10.1. The molecule has 0 aliphatic rings. The van der Waals surface area contributed by atoms with Gasteiger partial charge in [-0.15, -0.1) is 0 Å². The highest BCUT2D eigenvalue weighted by molar-refractivity contribution is 9.10. The lowest BCUT2D eigenvalue weighted by molar-refractivity contribution is 0.0949. The lowest BCUT2D eigenvalue weighted by Gasteiger charge is -2.07. The third-order valence-corrected chi connectivity index (χ3v) is 3.86. The Balaban J connectivity index is 2.72. The molecular formula is C16H16BrNO5. The fourth-order valence-corrected chi connectivity index (χ4v) is 2.51. The van der Waals surface area contributed by atoms with Gasteiger partial charge in [-0.2, -0.15) is 0 Å². The normalized spacial score (nSPS) is 11.0. The Morgan fingerprint density at radius 1 is 1.17 bits per heavy atom. The van der Waals surface area contributed by atoms with Gasteiger partial charge in [0.05, 0.1) is 9.86 Å². The number of halogens is 1. The molecule has 7 heteroatoms. The van der Waals surface area contributed by atoms with Crippen molar-refractivity contribution in [3.63, 3.8) is 0 Å². The van der Waals surface area contributed by atoms with Crippen molar-refractivity contribution in [1.29, 1.82) is 0 Å². The van der Waals surface area contributed by atoms with E-state index >= 15 is 0 Å². The van der Waals surface area contributed by atoms with E-state index in [4.69, 9.17) is 0 Å². The molecule has 0 saturated heterocycles. The SMILES string of the molecule is CC(C)CNC(=O)c1cc(O)c(=O)c2c(O)c(O)c(Br)cc2c1. The van der Waals surface area contributed by atoms with E-state index in [2.05, 4.69) is 21.2 Å². The van der Waals surface area contributed by atoms with Crippen LogP contribution in [0.5, 0.6) is 17.2 Å². The van der Waals surface area contributed by atoms with Crippen molar-refractivity contribution in [1.82, 2.24) is 5.32 Å². The number of phenolic OH excluding ortho intramolecular Hbond substituents is 2. The first kappa shape index (κ1) is 17.1. The number of hydrogen-bond acceptors (Lipinski definition) is 5. The van der Waals surface area contributed by atoms with Gasteiger partial charge in [0.1, 0.15) is 0 Å². The minimum absolute atomic E-state index is 0.0761. The van der Waals surface area contributed by atoms with Gasteiger partial charge in [-0.25, -0.2) is 0 Å². The Morgan fingerprint density at radius 2 is 1.83 bits per heavy atom. The van der Waals surface area contributed by atoms with Gasteiger partial charge >= 0.3 is 0 Å². The first-order chi connectivity index (χ1) is 10.7. The number of fused-ring (bicyclic) bond motifs is 1. The molecule has 0 radical (unpaired) electrons. The molecule has 23 heavy (non-hydrogen) atoms. The summed E-state index contributed by atoms with van der Waals surface area (Å²) in [5.74, 6) is -2.06. The summed E-state index contributed by atoms with van der Waals surface area (Å²) < 4.78 is 0.168. The Hall–Kier alpha value is -2.28. The van der Waals surface area contributed by atoms with Crippen LogP contribution in [-0.4, -0.2) is 27.8 Å². The number of carbonyl (C=O) groups is 1. The Labute approximate surface area is 140 Å². The number of benzene rings is 1. The number of amides is 1. The van der Waals surface area contributed by atoms with Crippen molar-refractivity contribution in [3.05, 3.63) is 38.5 Å². The van der Waals surface area contributed by atoms with Crippen LogP contribution in [0.15, 0.2) is 27.5 Å². The zero-order valence-corrected chi connectivity index (χ0v) is 14.1. The molecule has 0 bridgehead atoms. The third kappa shape index (κ3) is 3.39. The highest BCUT2D eigenvalue weighted by atomic mass is 79.9. The summed E-state index contributed by atoms with van der Waals surface area (Å²) in [7, 11) is 0. The quantitative estimate of drug-likeness (QED) is 0.611. The van der Waals surface area contributed by atoms with Crippen LogP contribution in [0, 0.1) is 5.92 Å². The van der Waals surface area contributed by atoms with Gasteiger partial charge in [0.15, 0.2) is 17.2 Å². The molecule has 2 aromatic rings. The molecule has 0 fully saturated rings. The largest absolute Gasteiger partial charge is 0.504 e. The van der Waals surface area contributed by atoms with E-state index in [1.165, 1.54) is 12.1 Å². The van der Waals surface area contributed by atoms with Crippen molar-refractivity contribution < 1.29 is 20.1 Å². The summed E-state index contributed by atoms with van der Waals surface area (Å²) in [5, 5.41) is 32.2. The summed E-state index contributed by atoms with van der Waals surface area (Å²) >= 11 is 3.06. The first-order valence-electron chi connectivity index (χ1n) is 6.92. The van der Waals surface area contributed by atoms with Crippen molar-refractivity contribution in [3.8, 4) is 17.2 Å². The van der Waals surface area contributed by atoms with Crippen molar-refractivity contribution in [2.45, 2.75) is 13.8 Å².